The zero-order valence-corrected chi connectivity index (χ0v) is 14.1. The fourth-order valence-electron chi connectivity index (χ4n) is 2.49. The third-order valence-corrected chi connectivity index (χ3v) is 3.78. The number of phenolic OH excluding ortho intramolecular Hbond substituents is 1. The van der Waals surface area contributed by atoms with Gasteiger partial charge in [-0.25, -0.2) is 0 Å². The van der Waals surface area contributed by atoms with Crippen molar-refractivity contribution in [3.8, 4) is 5.75 Å². The first-order valence-electron chi connectivity index (χ1n) is 7.96. The van der Waals surface area contributed by atoms with Crippen LogP contribution in [0.15, 0.2) is 30.3 Å². The number of aryl methyl sites for hydroxylation is 1. The summed E-state index contributed by atoms with van der Waals surface area (Å²) < 4.78 is 0. The van der Waals surface area contributed by atoms with Crippen LogP contribution >= 0.6 is 0 Å². The van der Waals surface area contributed by atoms with Gasteiger partial charge in [-0.1, -0.05) is 12.1 Å². The Bertz CT molecular complexity index is 640. The molecule has 6 N–H and O–H groups in total. The number of aliphatic hydroxyl groups is 2. The molecule has 0 atom stereocenters. The van der Waals surface area contributed by atoms with Crippen LogP contribution in [0.3, 0.4) is 0 Å². The monoisotopic (exact) mass is 331 g/mol. The summed E-state index contributed by atoms with van der Waals surface area (Å²) in [5.41, 5.74) is 5.14. The van der Waals surface area contributed by atoms with Crippen molar-refractivity contribution in [2.24, 2.45) is 0 Å². The zero-order chi connectivity index (χ0) is 17.5. The van der Waals surface area contributed by atoms with Crippen molar-refractivity contribution in [2.75, 3.05) is 42.3 Å². The first kappa shape index (κ1) is 17.9. The fraction of sp³-hybridized carbons (Fsp3) is 0.333. The van der Waals surface area contributed by atoms with Crippen molar-refractivity contribution in [1.82, 2.24) is 0 Å². The fourth-order valence-corrected chi connectivity index (χ4v) is 2.49. The Hall–Kier alpha value is -2.44. The minimum Gasteiger partial charge on any atom is -0.506 e. The van der Waals surface area contributed by atoms with Crippen molar-refractivity contribution in [3.63, 3.8) is 0 Å². The second kappa shape index (κ2) is 8.42. The van der Waals surface area contributed by atoms with E-state index in [1.165, 1.54) is 0 Å². The highest BCUT2D eigenvalue weighted by Gasteiger charge is 2.10. The SMILES string of the molecule is Cc1cccc(O)c1Nc1cc(NCCO)c(C)c(NCCO)c1. The molecule has 0 amide bonds. The Morgan fingerprint density at radius 1 is 0.917 bits per heavy atom. The Kier molecular flexibility index (Phi) is 6.28. The number of rotatable bonds is 8. The van der Waals surface area contributed by atoms with Crippen LogP contribution in [0, 0.1) is 13.8 Å². The van der Waals surface area contributed by atoms with Crippen LogP contribution in [0.4, 0.5) is 22.7 Å². The molecule has 0 bridgehead atoms. The van der Waals surface area contributed by atoms with Crippen LogP contribution in [-0.4, -0.2) is 41.6 Å². The molecule has 6 nitrogen and oxygen atoms in total. The summed E-state index contributed by atoms with van der Waals surface area (Å²) in [5, 5.41) is 37.8. The van der Waals surface area contributed by atoms with Crippen molar-refractivity contribution in [1.29, 1.82) is 0 Å². The summed E-state index contributed by atoms with van der Waals surface area (Å²) in [6.07, 6.45) is 0. The van der Waals surface area contributed by atoms with Gasteiger partial charge < -0.3 is 31.3 Å². The molecule has 0 spiro atoms. The van der Waals surface area contributed by atoms with E-state index in [1.807, 2.05) is 32.0 Å². The molecule has 130 valence electrons. The zero-order valence-electron chi connectivity index (χ0n) is 14.1. The predicted octanol–water partition coefficient (Wildman–Crippen LogP) is 2.56. The molecule has 0 aliphatic heterocycles. The van der Waals surface area contributed by atoms with E-state index in [2.05, 4.69) is 16.0 Å². The smallest absolute Gasteiger partial charge is 0.139 e. The van der Waals surface area contributed by atoms with Gasteiger partial charge in [0.25, 0.3) is 0 Å². The van der Waals surface area contributed by atoms with Crippen LogP contribution in [0.2, 0.25) is 0 Å². The molecule has 0 radical (unpaired) electrons. The molecule has 6 heteroatoms. The Morgan fingerprint density at radius 2 is 1.50 bits per heavy atom. The first-order chi connectivity index (χ1) is 11.6. The number of anilines is 4. The normalized spacial score (nSPS) is 10.5. The lowest BCUT2D eigenvalue weighted by Crippen LogP contribution is -2.11. The van der Waals surface area contributed by atoms with Crippen LogP contribution < -0.4 is 16.0 Å². The van der Waals surface area contributed by atoms with Gasteiger partial charge in [0.05, 0.1) is 18.9 Å². The van der Waals surface area contributed by atoms with Crippen LogP contribution in [0.1, 0.15) is 11.1 Å². The molecule has 0 aliphatic carbocycles. The van der Waals surface area contributed by atoms with Gasteiger partial charge in [0, 0.05) is 30.2 Å². The molecular formula is C18H25N3O3. The largest absolute Gasteiger partial charge is 0.506 e. The van der Waals surface area contributed by atoms with Crippen LogP contribution in [-0.2, 0) is 0 Å². The van der Waals surface area contributed by atoms with Crippen molar-refractivity contribution in [3.05, 3.63) is 41.5 Å². The molecule has 0 unspecified atom stereocenters. The summed E-state index contributed by atoms with van der Waals surface area (Å²) >= 11 is 0. The number of hydrogen-bond donors (Lipinski definition) is 6. The number of aromatic hydroxyl groups is 1. The van der Waals surface area contributed by atoms with E-state index in [0.29, 0.717) is 18.8 Å². The molecule has 24 heavy (non-hydrogen) atoms. The molecule has 2 aromatic rings. The Balaban J connectivity index is 2.37. The number of benzene rings is 2. The van der Waals surface area contributed by atoms with Gasteiger partial charge >= 0.3 is 0 Å². The quantitative estimate of drug-likeness (QED) is 0.416. The third kappa shape index (κ3) is 4.31. The second-order valence-electron chi connectivity index (χ2n) is 5.59. The number of hydrogen-bond acceptors (Lipinski definition) is 6. The van der Waals surface area contributed by atoms with Gasteiger partial charge in [-0.05, 0) is 43.2 Å². The van der Waals surface area contributed by atoms with Gasteiger partial charge in [0.1, 0.15) is 5.75 Å². The van der Waals surface area contributed by atoms with Gasteiger partial charge in [-0.3, -0.25) is 0 Å². The molecule has 0 saturated carbocycles. The van der Waals surface area contributed by atoms with Crippen LogP contribution in [0.25, 0.3) is 0 Å². The highest BCUT2D eigenvalue weighted by atomic mass is 16.3. The summed E-state index contributed by atoms with van der Waals surface area (Å²) in [6.45, 7) is 4.85. The molecular weight excluding hydrogens is 306 g/mol. The van der Waals surface area contributed by atoms with Crippen molar-refractivity contribution < 1.29 is 15.3 Å². The summed E-state index contributed by atoms with van der Waals surface area (Å²) in [6, 6.07) is 9.22. The van der Waals surface area contributed by atoms with Gasteiger partial charge in [-0.2, -0.15) is 0 Å². The maximum Gasteiger partial charge on any atom is 0.139 e. The molecule has 0 heterocycles. The molecule has 0 aliphatic rings. The van der Waals surface area contributed by atoms with Gasteiger partial charge in [0.2, 0.25) is 0 Å². The van der Waals surface area contributed by atoms with Gasteiger partial charge in [0.15, 0.2) is 0 Å². The lowest BCUT2D eigenvalue weighted by Gasteiger charge is -2.18. The molecule has 0 fully saturated rings. The lowest BCUT2D eigenvalue weighted by atomic mass is 10.1. The van der Waals surface area contributed by atoms with E-state index in [4.69, 9.17) is 10.2 Å². The van der Waals surface area contributed by atoms with E-state index >= 15 is 0 Å². The van der Waals surface area contributed by atoms with Crippen LogP contribution in [0.5, 0.6) is 5.75 Å². The highest BCUT2D eigenvalue weighted by molar-refractivity contribution is 5.78. The molecule has 0 aromatic heterocycles. The highest BCUT2D eigenvalue weighted by Crippen LogP contribution is 2.34. The number of aliphatic hydroxyl groups excluding tert-OH is 2. The molecule has 2 rings (SSSR count). The lowest BCUT2D eigenvalue weighted by molar-refractivity contribution is 0.311. The second-order valence-corrected chi connectivity index (χ2v) is 5.59. The van der Waals surface area contributed by atoms with Crippen molar-refractivity contribution in [2.45, 2.75) is 13.8 Å². The standard InChI is InChI=1S/C18H25N3O3/c1-12-4-3-5-17(24)18(12)21-14-10-15(19-6-8-22)13(2)16(11-14)20-7-9-23/h3-5,10-11,19-24H,6-9H2,1-2H3. The molecule has 0 saturated heterocycles. The molecule has 2 aromatic carbocycles. The first-order valence-corrected chi connectivity index (χ1v) is 7.96. The van der Waals surface area contributed by atoms with E-state index in [9.17, 15) is 5.11 Å². The van der Waals surface area contributed by atoms with E-state index in [1.54, 1.807) is 12.1 Å². The Morgan fingerprint density at radius 3 is 2.00 bits per heavy atom. The van der Waals surface area contributed by atoms with E-state index < -0.39 is 0 Å². The van der Waals surface area contributed by atoms with E-state index in [0.717, 1.165) is 28.2 Å². The average molecular weight is 331 g/mol. The predicted molar refractivity (Wildman–Crippen MR) is 98.5 cm³/mol. The minimum absolute atomic E-state index is 0.0368. The van der Waals surface area contributed by atoms with Crippen molar-refractivity contribution >= 4 is 22.7 Å². The summed E-state index contributed by atoms with van der Waals surface area (Å²) in [5.74, 6) is 0.185. The third-order valence-electron chi connectivity index (χ3n) is 3.78. The maximum atomic E-state index is 10.1. The number of phenols is 1. The maximum absolute atomic E-state index is 10.1. The number of nitrogens with one attached hydrogen (secondary N) is 3. The van der Waals surface area contributed by atoms with Gasteiger partial charge in [-0.15, -0.1) is 0 Å². The number of para-hydroxylation sites is 1. The minimum atomic E-state index is 0.0368. The summed E-state index contributed by atoms with van der Waals surface area (Å²) in [7, 11) is 0. The van der Waals surface area contributed by atoms with E-state index in [-0.39, 0.29) is 19.0 Å². The Labute approximate surface area is 142 Å². The average Bonchev–Trinajstić information content (AvgIpc) is 2.57. The summed E-state index contributed by atoms with van der Waals surface area (Å²) in [4.78, 5) is 0. The topological polar surface area (TPSA) is 96.8 Å².